The molecule has 0 unspecified atom stereocenters. The van der Waals surface area contributed by atoms with Gasteiger partial charge >= 0.3 is 0 Å². The maximum Gasteiger partial charge on any atom is 0.0726 e. The number of benzene rings is 12. The molecule has 12 aromatic carbocycles. The molecule has 0 fully saturated rings. The van der Waals surface area contributed by atoms with Crippen LogP contribution in [-0.4, -0.2) is 0 Å². The van der Waals surface area contributed by atoms with E-state index in [-0.39, 0.29) is 0 Å². The Labute approximate surface area is 401 Å². The molecule has 3 aliphatic rings. The third kappa shape index (κ3) is 4.98. The van der Waals surface area contributed by atoms with E-state index in [4.69, 9.17) is 0 Å². The first-order chi connectivity index (χ1) is 34.3. The van der Waals surface area contributed by atoms with Crippen molar-refractivity contribution in [1.29, 1.82) is 0 Å². The standard InChI is InChI=1S/C68H43N/c1-2-20-44(21-3-1)67(59-33-13-8-28-53(59)54-29-9-14-34-60(54)67)45-22-18-23-46(42-45)69(47-40-41-52-50-26-5-4-24-48(50)49-25-6-7-27-51(49)58(52)43-47)65-39-19-38-64-66(65)57-32-12-17-37-63(57)68(64)61-35-15-10-30-55(61)56-31-11-16-36-62(56)68/h1-43H. The molecule has 1 heteroatoms. The highest BCUT2D eigenvalue weighted by atomic mass is 15.1. The molecule has 0 saturated carbocycles. The second kappa shape index (κ2) is 14.4. The van der Waals surface area contributed by atoms with E-state index in [2.05, 4.69) is 266 Å². The summed E-state index contributed by atoms with van der Waals surface area (Å²) in [6, 6.07) is 98.2. The van der Waals surface area contributed by atoms with Crippen molar-refractivity contribution in [3.05, 3.63) is 305 Å². The molecule has 0 atom stereocenters. The van der Waals surface area contributed by atoms with Crippen LogP contribution in [0.3, 0.4) is 0 Å². The maximum absolute atomic E-state index is 2.57. The van der Waals surface area contributed by atoms with E-state index in [1.165, 1.54) is 110 Å². The summed E-state index contributed by atoms with van der Waals surface area (Å²) >= 11 is 0. The van der Waals surface area contributed by atoms with Crippen LogP contribution in [0.4, 0.5) is 17.1 Å². The van der Waals surface area contributed by atoms with Crippen LogP contribution >= 0.6 is 0 Å². The molecule has 3 aliphatic carbocycles. The molecule has 0 aromatic heterocycles. The van der Waals surface area contributed by atoms with Crippen molar-refractivity contribution in [2.24, 2.45) is 0 Å². The van der Waals surface area contributed by atoms with Crippen LogP contribution in [0.1, 0.15) is 44.5 Å². The molecule has 0 radical (unpaired) electrons. The van der Waals surface area contributed by atoms with E-state index in [0.717, 1.165) is 17.1 Å². The molecule has 0 aliphatic heterocycles. The van der Waals surface area contributed by atoms with Crippen LogP contribution in [0.5, 0.6) is 0 Å². The van der Waals surface area contributed by atoms with E-state index in [9.17, 15) is 0 Å². The van der Waals surface area contributed by atoms with Crippen LogP contribution in [-0.2, 0) is 10.8 Å². The van der Waals surface area contributed by atoms with Gasteiger partial charge in [0.15, 0.2) is 0 Å². The number of fused-ring (bicyclic) bond motifs is 19. The van der Waals surface area contributed by atoms with Gasteiger partial charge in [0, 0.05) is 16.9 Å². The lowest BCUT2D eigenvalue weighted by Crippen LogP contribution is -2.29. The van der Waals surface area contributed by atoms with Crippen molar-refractivity contribution < 1.29 is 0 Å². The molecule has 1 nitrogen and oxygen atoms in total. The fourth-order valence-electron chi connectivity index (χ4n) is 13.4. The number of anilines is 3. The number of nitrogens with zero attached hydrogens (tertiary/aromatic N) is 1. The lowest BCUT2D eigenvalue weighted by molar-refractivity contribution is 0.768. The highest BCUT2D eigenvalue weighted by Gasteiger charge is 2.52. The van der Waals surface area contributed by atoms with Crippen molar-refractivity contribution in [3.63, 3.8) is 0 Å². The van der Waals surface area contributed by atoms with E-state index in [1.54, 1.807) is 0 Å². The van der Waals surface area contributed by atoms with E-state index in [1.807, 2.05) is 0 Å². The maximum atomic E-state index is 2.57. The van der Waals surface area contributed by atoms with Crippen LogP contribution in [0.2, 0.25) is 0 Å². The molecule has 320 valence electrons. The van der Waals surface area contributed by atoms with E-state index in [0.29, 0.717) is 0 Å². The normalized spacial score (nSPS) is 14.0. The molecular weight excluding hydrogens is 831 g/mol. The zero-order valence-corrected chi connectivity index (χ0v) is 37.8. The fraction of sp³-hybridized carbons (Fsp3) is 0.0294. The first-order valence-electron chi connectivity index (χ1n) is 24.2. The molecule has 15 rings (SSSR count). The Balaban J connectivity index is 1.05. The quantitative estimate of drug-likeness (QED) is 0.156. The second-order valence-electron chi connectivity index (χ2n) is 19.0. The molecule has 0 N–H and O–H groups in total. The second-order valence-corrected chi connectivity index (χ2v) is 19.0. The summed E-state index contributed by atoms with van der Waals surface area (Å²) in [4.78, 5) is 2.57. The summed E-state index contributed by atoms with van der Waals surface area (Å²) in [6.07, 6.45) is 0. The van der Waals surface area contributed by atoms with Gasteiger partial charge in [-0.25, -0.2) is 0 Å². The lowest BCUT2D eigenvalue weighted by Gasteiger charge is -2.35. The summed E-state index contributed by atoms with van der Waals surface area (Å²) in [5.74, 6) is 0. The first-order valence-corrected chi connectivity index (χ1v) is 24.2. The zero-order valence-electron chi connectivity index (χ0n) is 37.8. The van der Waals surface area contributed by atoms with Gasteiger partial charge in [0.05, 0.1) is 16.5 Å². The summed E-state index contributed by atoms with van der Waals surface area (Å²) in [7, 11) is 0. The number of hydrogen-bond acceptors (Lipinski definition) is 1. The van der Waals surface area contributed by atoms with Crippen molar-refractivity contribution in [1.82, 2.24) is 0 Å². The van der Waals surface area contributed by atoms with Crippen LogP contribution in [0.25, 0.3) is 65.7 Å². The van der Waals surface area contributed by atoms with Crippen molar-refractivity contribution in [2.75, 3.05) is 4.90 Å². The van der Waals surface area contributed by atoms with Crippen LogP contribution in [0.15, 0.2) is 261 Å². The van der Waals surface area contributed by atoms with E-state index >= 15 is 0 Å². The van der Waals surface area contributed by atoms with Gasteiger partial charge in [-0.3, -0.25) is 0 Å². The van der Waals surface area contributed by atoms with Gasteiger partial charge in [-0.15, -0.1) is 0 Å². The van der Waals surface area contributed by atoms with Crippen LogP contribution in [0, 0.1) is 0 Å². The van der Waals surface area contributed by atoms with E-state index < -0.39 is 10.8 Å². The SMILES string of the molecule is c1ccc(C2(c3cccc(N(c4ccc5c6ccccc6c6ccccc6c5c4)c4cccc5c4-c4ccccc4C54c5ccccc5-c5ccccc54)c3)c3ccccc3-c3ccccc32)cc1. The summed E-state index contributed by atoms with van der Waals surface area (Å²) < 4.78 is 0. The Morgan fingerprint density at radius 2 is 0.623 bits per heavy atom. The minimum atomic E-state index is -0.554. The van der Waals surface area contributed by atoms with Crippen molar-refractivity contribution >= 4 is 49.4 Å². The first kappa shape index (κ1) is 38.3. The van der Waals surface area contributed by atoms with Gasteiger partial charge in [-0.05, 0) is 135 Å². The summed E-state index contributed by atoms with van der Waals surface area (Å²) in [5, 5.41) is 7.57. The van der Waals surface area contributed by atoms with Crippen molar-refractivity contribution in [3.8, 4) is 33.4 Å². The molecule has 0 saturated heterocycles. The molecule has 0 amide bonds. The number of rotatable bonds is 5. The van der Waals surface area contributed by atoms with Crippen LogP contribution < -0.4 is 4.90 Å². The topological polar surface area (TPSA) is 3.24 Å². The smallest absolute Gasteiger partial charge is 0.0726 e. The Kier molecular flexibility index (Phi) is 7.98. The average molecular weight is 874 g/mol. The highest BCUT2D eigenvalue weighted by molar-refractivity contribution is 6.26. The third-order valence-electron chi connectivity index (χ3n) is 15.9. The minimum absolute atomic E-state index is 0.476. The Hall–Kier alpha value is -8.78. The molecule has 69 heavy (non-hydrogen) atoms. The average Bonchev–Trinajstić information content (AvgIpc) is 4.02. The predicted octanol–water partition coefficient (Wildman–Crippen LogP) is 17.3. The third-order valence-corrected chi connectivity index (χ3v) is 15.9. The number of hydrogen-bond donors (Lipinski definition) is 0. The van der Waals surface area contributed by atoms with Gasteiger partial charge in [0.2, 0.25) is 0 Å². The van der Waals surface area contributed by atoms with Gasteiger partial charge in [-0.1, -0.05) is 231 Å². The lowest BCUT2D eigenvalue weighted by atomic mass is 9.67. The molecular formula is C68H43N. The highest BCUT2D eigenvalue weighted by Crippen LogP contribution is 2.65. The van der Waals surface area contributed by atoms with Gasteiger partial charge < -0.3 is 4.90 Å². The Morgan fingerprint density at radius 1 is 0.232 bits per heavy atom. The predicted molar refractivity (Wildman–Crippen MR) is 287 cm³/mol. The largest absolute Gasteiger partial charge is 0.310 e. The monoisotopic (exact) mass is 873 g/mol. The molecule has 0 bridgehead atoms. The minimum Gasteiger partial charge on any atom is -0.310 e. The molecule has 12 aromatic rings. The summed E-state index contributed by atoms with van der Waals surface area (Å²) in [6.45, 7) is 0. The Morgan fingerprint density at radius 3 is 1.19 bits per heavy atom. The fourth-order valence-corrected chi connectivity index (χ4v) is 13.4. The van der Waals surface area contributed by atoms with Crippen molar-refractivity contribution in [2.45, 2.75) is 10.8 Å². The van der Waals surface area contributed by atoms with Gasteiger partial charge in [0.25, 0.3) is 0 Å². The van der Waals surface area contributed by atoms with Gasteiger partial charge in [0.1, 0.15) is 0 Å². The summed E-state index contributed by atoms with van der Waals surface area (Å²) in [5.41, 5.74) is 20.5. The Bertz CT molecular complexity index is 3980. The zero-order chi connectivity index (χ0) is 45.3. The molecule has 1 spiro atoms. The molecule has 0 heterocycles. The van der Waals surface area contributed by atoms with Gasteiger partial charge in [-0.2, -0.15) is 0 Å².